The zero-order chi connectivity index (χ0) is 23.6. The zero-order valence-corrected chi connectivity index (χ0v) is 19.3. The van der Waals surface area contributed by atoms with Crippen LogP contribution in [0.3, 0.4) is 0 Å². The zero-order valence-electron chi connectivity index (χ0n) is 17.7. The van der Waals surface area contributed by atoms with Crippen LogP contribution in [-0.2, 0) is 14.8 Å². The maximum atomic E-state index is 15.5. The van der Waals surface area contributed by atoms with Crippen LogP contribution in [0.4, 0.5) is 25.5 Å². The molecule has 1 fully saturated rings. The van der Waals surface area contributed by atoms with Crippen LogP contribution in [0, 0.1) is 11.6 Å². The van der Waals surface area contributed by atoms with Gasteiger partial charge in [-0.1, -0.05) is 18.3 Å². The topological polar surface area (TPSA) is 123 Å². The summed E-state index contributed by atoms with van der Waals surface area (Å²) in [7, 11) is -3.79. The number of hydrogen-bond donors (Lipinski definition) is 2. The number of sulfonamides is 1. The first-order valence-corrected chi connectivity index (χ1v) is 12.7. The first kappa shape index (κ1) is 23.3. The van der Waals surface area contributed by atoms with E-state index in [0.29, 0.717) is 48.4 Å². The smallest absolute Gasteiger partial charge is 0.232 e. The molecule has 0 aliphatic carbocycles. The van der Waals surface area contributed by atoms with Crippen molar-refractivity contribution in [3.8, 4) is 21.8 Å². The van der Waals surface area contributed by atoms with E-state index in [4.69, 9.17) is 10.5 Å². The molecule has 33 heavy (non-hydrogen) atoms. The number of rotatable bonds is 7. The number of hydrogen-bond acceptors (Lipinski definition) is 9. The van der Waals surface area contributed by atoms with Crippen LogP contribution in [0.5, 0.6) is 0 Å². The summed E-state index contributed by atoms with van der Waals surface area (Å²) >= 11 is 1.21. The molecule has 3 aromatic rings. The van der Waals surface area contributed by atoms with Gasteiger partial charge < -0.3 is 15.4 Å². The van der Waals surface area contributed by atoms with Gasteiger partial charge in [0.25, 0.3) is 0 Å². The summed E-state index contributed by atoms with van der Waals surface area (Å²) in [5.74, 6) is -2.13. The van der Waals surface area contributed by atoms with Crippen LogP contribution >= 0.6 is 11.3 Å². The molecule has 4 rings (SSSR count). The van der Waals surface area contributed by atoms with E-state index in [2.05, 4.69) is 19.7 Å². The molecule has 1 saturated heterocycles. The Morgan fingerprint density at radius 3 is 2.67 bits per heavy atom. The van der Waals surface area contributed by atoms with Gasteiger partial charge in [0, 0.05) is 19.3 Å². The SMILES string of the molecule is CCCS(=O)(=O)Nc1ccc(F)c(-c2nc(N3CCOCC3)sc2-c2ccnc(N)n2)c1F. The van der Waals surface area contributed by atoms with Crippen LogP contribution in [0.15, 0.2) is 24.4 Å². The summed E-state index contributed by atoms with van der Waals surface area (Å²) in [5.41, 5.74) is 5.28. The highest BCUT2D eigenvalue weighted by Crippen LogP contribution is 2.42. The van der Waals surface area contributed by atoms with E-state index in [-0.39, 0.29) is 23.1 Å². The van der Waals surface area contributed by atoms with E-state index in [1.54, 1.807) is 13.0 Å². The summed E-state index contributed by atoms with van der Waals surface area (Å²) in [6.45, 7) is 3.83. The highest BCUT2D eigenvalue weighted by Gasteiger charge is 2.27. The Kier molecular flexibility index (Phi) is 6.72. The van der Waals surface area contributed by atoms with Gasteiger partial charge >= 0.3 is 0 Å². The standard InChI is InChI=1S/C20H22F2N6O3S2/c1-2-11-33(29,30)27-13-4-3-12(21)15(16(13)22)17-18(14-5-6-24-19(23)25-14)32-20(26-17)28-7-9-31-10-8-28/h3-6,27H,2,7-11H2,1H3,(H2,23,24,25). The van der Waals surface area contributed by atoms with Crippen LogP contribution in [0.1, 0.15) is 13.3 Å². The maximum absolute atomic E-state index is 15.5. The number of benzene rings is 1. The fourth-order valence-electron chi connectivity index (χ4n) is 3.38. The predicted octanol–water partition coefficient (Wildman–Crippen LogP) is 3.12. The molecule has 176 valence electrons. The van der Waals surface area contributed by atoms with Crippen LogP contribution in [-0.4, -0.2) is 55.4 Å². The molecule has 0 atom stereocenters. The summed E-state index contributed by atoms with van der Waals surface area (Å²) in [5, 5.41) is 0.538. The molecule has 3 heterocycles. The van der Waals surface area contributed by atoms with Crippen molar-refractivity contribution in [2.45, 2.75) is 13.3 Å². The van der Waals surface area contributed by atoms with Crippen molar-refractivity contribution >= 4 is 38.1 Å². The first-order chi connectivity index (χ1) is 15.8. The summed E-state index contributed by atoms with van der Waals surface area (Å²) in [6, 6.07) is 3.63. The van der Waals surface area contributed by atoms with E-state index >= 15 is 4.39 Å². The van der Waals surface area contributed by atoms with E-state index in [1.165, 1.54) is 17.5 Å². The van der Waals surface area contributed by atoms with Gasteiger partial charge in [-0.3, -0.25) is 4.72 Å². The number of halogens is 2. The van der Waals surface area contributed by atoms with Gasteiger partial charge in [0.1, 0.15) is 5.82 Å². The molecule has 0 saturated carbocycles. The molecule has 3 N–H and O–H groups in total. The minimum absolute atomic E-state index is 0.00166. The Bertz CT molecular complexity index is 1260. The van der Waals surface area contributed by atoms with Crippen molar-refractivity contribution in [3.63, 3.8) is 0 Å². The lowest BCUT2D eigenvalue weighted by Gasteiger charge is -2.26. The van der Waals surface area contributed by atoms with E-state index < -0.39 is 27.2 Å². The second-order valence-electron chi connectivity index (χ2n) is 7.28. The molecular weight excluding hydrogens is 474 g/mol. The van der Waals surface area contributed by atoms with Crippen LogP contribution < -0.4 is 15.4 Å². The molecule has 1 aliphatic heterocycles. The third-order valence-electron chi connectivity index (χ3n) is 4.87. The van der Waals surface area contributed by atoms with E-state index in [9.17, 15) is 12.8 Å². The van der Waals surface area contributed by atoms with Gasteiger partial charge in [0.2, 0.25) is 16.0 Å². The largest absolute Gasteiger partial charge is 0.378 e. The van der Waals surface area contributed by atoms with Gasteiger partial charge in [-0.25, -0.2) is 32.2 Å². The van der Waals surface area contributed by atoms with Gasteiger partial charge in [-0.05, 0) is 24.6 Å². The third-order valence-corrected chi connectivity index (χ3v) is 7.49. The number of nitrogens with one attached hydrogen (secondary N) is 1. The second kappa shape index (κ2) is 9.53. The van der Waals surface area contributed by atoms with E-state index in [0.717, 1.165) is 12.1 Å². The maximum Gasteiger partial charge on any atom is 0.232 e. The molecule has 2 aromatic heterocycles. The molecule has 1 aromatic carbocycles. The van der Waals surface area contributed by atoms with Crippen molar-refractivity contribution in [1.82, 2.24) is 15.0 Å². The van der Waals surface area contributed by atoms with Crippen molar-refractivity contribution in [2.75, 3.05) is 47.4 Å². The number of aromatic nitrogens is 3. The Labute approximate surface area is 193 Å². The monoisotopic (exact) mass is 496 g/mol. The number of nitrogens with two attached hydrogens (primary N) is 1. The fourth-order valence-corrected chi connectivity index (χ4v) is 5.60. The molecule has 0 amide bonds. The first-order valence-electron chi connectivity index (χ1n) is 10.2. The molecule has 1 aliphatic rings. The predicted molar refractivity (Wildman–Crippen MR) is 124 cm³/mol. The average Bonchev–Trinajstić information content (AvgIpc) is 3.21. The second-order valence-corrected chi connectivity index (χ2v) is 10.1. The van der Waals surface area contributed by atoms with Gasteiger partial charge in [0.15, 0.2) is 10.9 Å². The van der Waals surface area contributed by atoms with Crippen molar-refractivity contribution in [2.24, 2.45) is 0 Å². The van der Waals surface area contributed by atoms with Crippen LogP contribution in [0.25, 0.3) is 21.8 Å². The number of ether oxygens (including phenoxy) is 1. The van der Waals surface area contributed by atoms with Crippen molar-refractivity contribution in [1.29, 1.82) is 0 Å². The lowest BCUT2D eigenvalue weighted by molar-refractivity contribution is 0.122. The fraction of sp³-hybridized carbons (Fsp3) is 0.350. The summed E-state index contributed by atoms with van der Waals surface area (Å²) in [4.78, 5) is 14.9. The lowest BCUT2D eigenvalue weighted by atomic mass is 10.1. The Morgan fingerprint density at radius 1 is 1.21 bits per heavy atom. The van der Waals surface area contributed by atoms with E-state index in [1.807, 2.05) is 4.90 Å². The van der Waals surface area contributed by atoms with Crippen molar-refractivity contribution in [3.05, 3.63) is 36.0 Å². The average molecular weight is 497 g/mol. The molecule has 0 unspecified atom stereocenters. The minimum atomic E-state index is -3.79. The Morgan fingerprint density at radius 2 is 1.97 bits per heavy atom. The number of nitrogen functional groups attached to an aromatic ring is 1. The third kappa shape index (κ3) is 5.04. The molecular formula is C20H22F2N6O3S2. The van der Waals surface area contributed by atoms with Crippen molar-refractivity contribution < 1.29 is 21.9 Å². The number of thiazole rings is 1. The molecule has 0 bridgehead atoms. The lowest BCUT2D eigenvalue weighted by Crippen LogP contribution is -2.36. The number of morpholine rings is 1. The molecule has 0 radical (unpaired) electrons. The molecule has 0 spiro atoms. The Hall–Kier alpha value is -2.90. The normalized spacial score (nSPS) is 14.5. The Balaban J connectivity index is 1.87. The molecule has 9 nitrogen and oxygen atoms in total. The van der Waals surface area contributed by atoms with Gasteiger partial charge in [-0.15, -0.1) is 0 Å². The summed E-state index contributed by atoms with van der Waals surface area (Å²) in [6.07, 6.45) is 1.79. The van der Waals surface area contributed by atoms with Crippen LogP contribution in [0.2, 0.25) is 0 Å². The quantitative estimate of drug-likeness (QED) is 0.512. The minimum Gasteiger partial charge on any atom is -0.378 e. The number of nitrogens with zero attached hydrogens (tertiary/aromatic N) is 4. The van der Waals surface area contributed by atoms with Gasteiger partial charge in [0.05, 0.1) is 46.5 Å². The number of anilines is 3. The summed E-state index contributed by atoms with van der Waals surface area (Å²) < 4.78 is 62.5. The van der Waals surface area contributed by atoms with Gasteiger partial charge in [-0.2, -0.15) is 0 Å². The highest BCUT2D eigenvalue weighted by atomic mass is 32.2. The highest BCUT2D eigenvalue weighted by molar-refractivity contribution is 7.92. The molecule has 13 heteroatoms.